The molecule has 2 heteroatoms. The van der Waals surface area contributed by atoms with Gasteiger partial charge < -0.3 is 0 Å². The molecule has 0 heterocycles. The standard InChI is InChI=1S/C5H8O2.C3H6/c1-4(6)3-5(2)7;1-3-2/h3H2,1-2H3;3H,1H2,2H3. The van der Waals surface area contributed by atoms with Crippen LogP contribution in [0.3, 0.4) is 0 Å². The van der Waals surface area contributed by atoms with Gasteiger partial charge >= 0.3 is 0 Å². The normalized spacial score (nSPS) is 7.10. The number of carbonyl (C=O) groups is 2. The van der Waals surface area contributed by atoms with Crippen LogP contribution in [-0.2, 0) is 9.59 Å². The minimum absolute atomic E-state index is 0.0625. The number of Topliss-reactive ketones (excluding diaryl/α,β-unsaturated/α-hetero) is 2. The SMILES string of the molecule is C=CC.CC(=O)CC(C)=O. The predicted octanol–water partition coefficient (Wildman–Crippen LogP) is 1.75. The summed E-state index contributed by atoms with van der Waals surface area (Å²) in [4.78, 5) is 20.1. The highest BCUT2D eigenvalue weighted by Gasteiger charge is 1.94. The molecule has 0 unspecified atom stereocenters. The average Bonchev–Trinajstić information content (AvgIpc) is 1.62. The molecule has 0 aliphatic rings. The predicted molar refractivity (Wildman–Crippen MR) is 41.9 cm³/mol. The molecule has 0 aromatic rings. The number of ketones is 2. The quantitative estimate of drug-likeness (QED) is 0.434. The fraction of sp³-hybridized carbons (Fsp3) is 0.500. The van der Waals surface area contributed by atoms with Crippen LogP contribution in [-0.4, -0.2) is 11.6 Å². The Morgan fingerprint density at radius 2 is 1.50 bits per heavy atom. The molecule has 0 atom stereocenters. The van der Waals surface area contributed by atoms with Crippen molar-refractivity contribution in [2.75, 3.05) is 0 Å². The first kappa shape index (κ1) is 11.8. The Kier molecular flexibility index (Phi) is 9.56. The smallest absolute Gasteiger partial charge is 0.137 e. The van der Waals surface area contributed by atoms with Crippen molar-refractivity contribution >= 4 is 11.6 Å². The molecule has 0 aromatic heterocycles. The first-order valence-corrected chi connectivity index (χ1v) is 3.10. The number of carbonyl (C=O) groups excluding carboxylic acids is 2. The second-order valence-corrected chi connectivity index (χ2v) is 1.99. The van der Waals surface area contributed by atoms with Crippen LogP contribution < -0.4 is 0 Å². The fourth-order valence-electron chi connectivity index (χ4n) is 0.351. The summed E-state index contributed by atoms with van der Waals surface area (Å²) in [6.45, 7) is 8.06. The van der Waals surface area contributed by atoms with Crippen LogP contribution in [0.15, 0.2) is 12.7 Å². The molecule has 0 rings (SSSR count). The van der Waals surface area contributed by atoms with E-state index in [1.165, 1.54) is 13.8 Å². The third-order valence-corrected chi connectivity index (χ3v) is 0.498. The monoisotopic (exact) mass is 142 g/mol. The van der Waals surface area contributed by atoms with Gasteiger partial charge in [-0.3, -0.25) is 9.59 Å². The third kappa shape index (κ3) is 27.6. The van der Waals surface area contributed by atoms with Gasteiger partial charge in [-0.25, -0.2) is 0 Å². The van der Waals surface area contributed by atoms with Crippen molar-refractivity contribution in [3.05, 3.63) is 12.7 Å². The Balaban J connectivity index is 0. The summed E-state index contributed by atoms with van der Waals surface area (Å²) in [6, 6.07) is 0. The lowest BCUT2D eigenvalue weighted by Gasteiger charge is -1.81. The molecule has 0 N–H and O–H groups in total. The van der Waals surface area contributed by atoms with Gasteiger partial charge in [0.15, 0.2) is 0 Å². The summed E-state index contributed by atoms with van der Waals surface area (Å²) in [5.41, 5.74) is 0. The Morgan fingerprint density at radius 3 is 1.50 bits per heavy atom. The molecule has 0 aliphatic heterocycles. The molecule has 0 bridgehead atoms. The molecule has 0 amide bonds. The summed E-state index contributed by atoms with van der Waals surface area (Å²) >= 11 is 0. The van der Waals surface area contributed by atoms with E-state index in [0.717, 1.165) is 0 Å². The van der Waals surface area contributed by atoms with Gasteiger partial charge in [-0.2, -0.15) is 0 Å². The molecular formula is C8H14O2. The van der Waals surface area contributed by atoms with Crippen molar-refractivity contribution in [1.82, 2.24) is 0 Å². The van der Waals surface area contributed by atoms with Crippen molar-refractivity contribution in [1.29, 1.82) is 0 Å². The highest BCUT2D eigenvalue weighted by atomic mass is 16.1. The lowest BCUT2D eigenvalue weighted by Crippen LogP contribution is -1.97. The van der Waals surface area contributed by atoms with Crippen LogP contribution in [0, 0.1) is 0 Å². The number of allylic oxidation sites excluding steroid dienone is 1. The zero-order chi connectivity index (χ0) is 8.57. The zero-order valence-electron chi connectivity index (χ0n) is 6.81. The Morgan fingerprint density at radius 1 is 1.30 bits per heavy atom. The molecule has 10 heavy (non-hydrogen) atoms. The maximum atomic E-state index is 10.0. The lowest BCUT2D eigenvalue weighted by molar-refractivity contribution is -0.124. The van der Waals surface area contributed by atoms with E-state index in [2.05, 4.69) is 6.58 Å². The van der Waals surface area contributed by atoms with Crippen LogP contribution in [0.1, 0.15) is 27.2 Å². The van der Waals surface area contributed by atoms with Crippen LogP contribution in [0.5, 0.6) is 0 Å². The van der Waals surface area contributed by atoms with Crippen LogP contribution >= 0.6 is 0 Å². The summed E-state index contributed by atoms with van der Waals surface area (Å²) in [5.74, 6) is -0.125. The van der Waals surface area contributed by atoms with E-state index < -0.39 is 0 Å². The van der Waals surface area contributed by atoms with Gasteiger partial charge in [-0.05, 0) is 20.8 Å². The van der Waals surface area contributed by atoms with E-state index in [1.807, 2.05) is 6.92 Å². The third-order valence-electron chi connectivity index (χ3n) is 0.498. The molecule has 58 valence electrons. The highest BCUT2D eigenvalue weighted by molar-refractivity contribution is 5.96. The van der Waals surface area contributed by atoms with Gasteiger partial charge in [-0.1, -0.05) is 6.08 Å². The highest BCUT2D eigenvalue weighted by Crippen LogP contribution is 1.80. The van der Waals surface area contributed by atoms with Gasteiger partial charge in [-0.15, -0.1) is 6.58 Å². The number of rotatable bonds is 2. The Bertz CT molecular complexity index is 113. The molecule has 0 saturated carbocycles. The molecule has 0 saturated heterocycles. The number of hydrogen-bond donors (Lipinski definition) is 0. The summed E-state index contributed by atoms with van der Waals surface area (Å²) in [5, 5.41) is 0. The van der Waals surface area contributed by atoms with E-state index >= 15 is 0 Å². The Labute approximate surface area is 61.9 Å². The topological polar surface area (TPSA) is 34.1 Å². The van der Waals surface area contributed by atoms with E-state index in [-0.39, 0.29) is 18.0 Å². The van der Waals surface area contributed by atoms with Crippen LogP contribution in [0.25, 0.3) is 0 Å². The fourth-order valence-corrected chi connectivity index (χ4v) is 0.351. The molecule has 0 aliphatic carbocycles. The van der Waals surface area contributed by atoms with Crippen molar-refractivity contribution in [2.24, 2.45) is 0 Å². The van der Waals surface area contributed by atoms with Crippen molar-refractivity contribution in [3.8, 4) is 0 Å². The second kappa shape index (κ2) is 8.08. The number of hydrogen-bond acceptors (Lipinski definition) is 2. The minimum Gasteiger partial charge on any atom is -0.300 e. The molecule has 0 spiro atoms. The summed E-state index contributed by atoms with van der Waals surface area (Å²) < 4.78 is 0. The van der Waals surface area contributed by atoms with Crippen LogP contribution in [0.2, 0.25) is 0 Å². The van der Waals surface area contributed by atoms with Crippen molar-refractivity contribution < 1.29 is 9.59 Å². The maximum Gasteiger partial charge on any atom is 0.137 e. The lowest BCUT2D eigenvalue weighted by atomic mass is 10.2. The minimum atomic E-state index is -0.0625. The van der Waals surface area contributed by atoms with Gasteiger partial charge in [0.25, 0.3) is 0 Å². The first-order valence-electron chi connectivity index (χ1n) is 3.10. The first-order chi connectivity index (χ1) is 4.54. The van der Waals surface area contributed by atoms with Gasteiger partial charge in [0.2, 0.25) is 0 Å². The van der Waals surface area contributed by atoms with Crippen LogP contribution in [0.4, 0.5) is 0 Å². The van der Waals surface area contributed by atoms with E-state index in [4.69, 9.17) is 0 Å². The molecular weight excluding hydrogens is 128 g/mol. The maximum absolute atomic E-state index is 10.0. The molecule has 0 fully saturated rings. The van der Waals surface area contributed by atoms with E-state index in [9.17, 15) is 9.59 Å². The molecule has 0 aromatic carbocycles. The summed E-state index contributed by atoms with van der Waals surface area (Å²) in [7, 11) is 0. The van der Waals surface area contributed by atoms with E-state index in [0.29, 0.717) is 0 Å². The molecule has 2 nitrogen and oxygen atoms in total. The molecule has 0 radical (unpaired) electrons. The largest absolute Gasteiger partial charge is 0.300 e. The zero-order valence-corrected chi connectivity index (χ0v) is 6.81. The van der Waals surface area contributed by atoms with E-state index in [1.54, 1.807) is 6.08 Å². The van der Waals surface area contributed by atoms with Crippen molar-refractivity contribution in [2.45, 2.75) is 27.2 Å². The Hall–Kier alpha value is -0.920. The average molecular weight is 142 g/mol. The summed E-state index contributed by atoms with van der Waals surface area (Å²) in [6.07, 6.45) is 1.83. The second-order valence-electron chi connectivity index (χ2n) is 1.99. The van der Waals surface area contributed by atoms with Crippen molar-refractivity contribution in [3.63, 3.8) is 0 Å². The van der Waals surface area contributed by atoms with Gasteiger partial charge in [0.05, 0.1) is 6.42 Å². The van der Waals surface area contributed by atoms with Gasteiger partial charge in [0.1, 0.15) is 11.6 Å². The van der Waals surface area contributed by atoms with Gasteiger partial charge in [0, 0.05) is 0 Å².